The predicted molar refractivity (Wildman–Crippen MR) is 83.2 cm³/mol. The van der Waals surface area contributed by atoms with Gasteiger partial charge in [-0.2, -0.15) is 0 Å². The number of nitrogens with one attached hydrogen (secondary N) is 2. The number of halogens is 1. The lowest BCUT2D eigenvalue weighted by Crippen LogP contribution is -2.29. The largest absolute Gasteiger partial charge is 0.353 e. The second kappa shape index (κ2) is 7.09. The van der Waals surface area contributed by atoms with Gasteiger partial charge in [-0.1, -0.05) is 30.3 Å². The summed E-state index contributed by atoms with van der Waals surface area (Å²) in [4.78, 5) is 11.9. The molecule has 1 heterocycles. The summed E-state index contributed by atoms with van der Waals surface area (Å²) in [5.74, 6) is 0.756. The molecule has 3 nitrogen and oxygen atoms in total. The van der Waals surface area contributed by atoms with Crippen molar-refractivity contribution in [3.05, 3.63) is 35.9 Å². The molecule has 1 aromatic rings. The molecule has 1 amide bonds. The summed E-state index contributed by atoms with van der Waals surface area (Å²) < 4.78 is 0. The minimum absolute atomic E-state index is 0. The molecule has 0 bridgehead atoms. The van der Waals surface area contributed by atoms with Crippen molar-refractivity contribution in [2.24, 2.45) is 0 Å². The van der Waals surface area contributed by atoms with E-state index >= 15 is 0 Å². The Morgan fingerprint density at radius 3 is 2.80 bits per heavy atom. The van der Waals surface area contributed by atoms with Crippen LogP contribution in [0.4, 0.5) is 0 Å². The van der Waals surface area contributed by atoms with Gasteiger partial charge in [-0.25, -0.2) is 0 Å². The average molecular weight is 295 g/mol. The van der Waals surface area contributed by atoms with E-state index in [2.05, 4.69) is 34.9 Å². The van der Waals surface area contributed by atoms with Gasteiger partial charge >= 0.3 is 0 Å². The van der Waals surface area contributed by atoms with Crippen LogP contribution >= 0.6 is 12.4 Å². The number of hydrogen-bond donors (Lipinski definition) is 2. The maximum Gasteiger partial charge on any atom is 0.220 e. The van der Waals surface area contributed by atoms with Crippen LogP contribution in [-0.2, 0) is 4.79 Å². The van der Waals surface area contributed by atoms with Crippen molar-refractivity contribution in [3.63, 3.8) is 0 Å². The highest BCUT2D eigenvalue weighted by molar-refractivity contribution is 5.85. The quantitative estimate of drug-likeness (QED) is 0.876. The molecule has 2 aliphatic rings. The average Bonchev–Trinajstić information content (AvgIpc) is 3.00. The van der Waals surface area contributed by atoms with E-state index in [1.54, 1.807) is 0 Å². The summed E-state index contributed by atoms with van der Waals surface area (Å²) in [7, 11) is 0. The number of hydrogen-bond acceptors (Lipinski definition) is 2. The Morgan fingerprint density at radius 1 is 1.30 bits per heavy atom. The lowest BCUT2D eigenvalue weighted by atomic mass is 10.1. The smallest absolute Gasteiger partial charge is 0.220 e. The zero-order chi connectivity index (χ0) is 13.1. The van der Waals surface area contributed by atoms with Gasteiger partial charge in [0.05, 0.1) is 0 Å². The lowest BCUT2D eigenvalue weighted by molar-refractivity contribution is -0.121. The molecule has 1 aliphatic heterocycles. The van der Waals surface area contributed by atoms with E-state index in [1.807, 2.05) is 6.07 Å². The van der Waals surface area contributed by atoms with Gasteiger partial charge < -0.3 is 10.6 Å². The van der Waals surface area contributed by atoms with E-state index in [0.717, 1.165) is 19.4 Å². The molecule has 3 unspecified atom stereocenters. The van der Waals surface area contributed by atoms with E-state index in [-0.39, 0.29) is 18.3 Å². The standard InChI is InChI=1S/C16H22N2O.ClH/c19-16(9-8-13-7-4-10-17-13)18-15-11-14(15)12-5-2-1-3-6-12;/h1-3,5-6,13-15,17H,4,7-11H2,(H,18,19);1H. The van der Waals surface area contributed by atoms with Gasteiger partial charge in [-0.05, 0) is 37.8 Å². The van der Waals surface area contributed by atoms with Crippen molar-refractivity contribution in [3.8, 4) is 0 Å². The fraction of sp³-hybridized carbons (Fsp3) is 0.562. The highest BCUT2D eigenvalue weighted by Crippen LogP contribution is 2.40. The summed E-state index contributed by atoms with van der Waals surface area (Å²) in [6.07, 6.45) is 5.22. The number of carbonyl (C=O) groups excluding carboxylic acids is 1. The molecule has 1 aromatic carbocycles. The molecule has 20 heavy (non-hydrogen) atoms. The van der Waals surface area contributed by atoms with E-state index in [0.29, 0.717) is 24.4 Å². The van der Waals surface area contributed by atoms with Crippen LogP contribution < -0.4 is 10.6 Å². The fourth-order valence-corrected chi connectivity index (χ4v) is 3.01. The van der Waals surface area contributed by atoms with Crippen LogP contribution in [-0.4, -0.2) is 24.5 Å². The third-order valence-electron chi connectivity index (χ3n) is 4.25. The number of amides is 1. The van der Waals surface area contributed by atoms with Crippen molar-refractivity contribution in [2.45, 2.75) is 50.1 Å². The van der Waals surface area contributed by atoms with Crippen LogP contribution in [0.3, 0.4) is 0 Å². The van der Waals surface area contributed by atoms with Crippen LogP contribution in [0.2, 0.25) is 0 Å². The summed E-state index contributed by atoms with van der Waals surface area (Å²) >= 11 is 0. The van der Waals surface area contributed by atoms with E-state index < -0.39 is 0 Å². The maximum absolute atomic E-state index is 11.9. The Kier molecular flexibility index (Phi) is 5.44. The van der Waals surface area contributed by atoms with Gasteiger partial charge in [0.15, 0.2) is 0 Å². The molecule has 0 aromatic heterocycles. The molecular weight excluding hydrogens is 272 g/mol. The van der Waals surface area contributed by atoms with E-state index in [4.69, 9.17) is 0 Å². The summed E-state index contributed by atoms with van der Waals surface area (Å²) in [6.45, 7) is 1.12. The monoisotopic (exact) mass is 294 g/mol. The molecular formula is C16H23ClN2O. The van der Waals surface area contributed by atoms with Crippen molar-refractivity contribution in [2.75, 3.05) is 6.54 Å². The molecule has 4 heteroatoms. The molecule has 1 aliphatic carbocycles. The number of benzene rings is 1. The number of carbonyl (C=O) groups is 1. The molecule has 110 valence electrons. The molecule has 3 rings (SSSR count). The summed E-state index contributed by atoms with van der Waals surface area (Å²) in [5, 5.41) is 6.60. The minimum Gasteiger partial charge on any atom is -0.353 e. The van der Waals surface area contributed by atoms with Crippen LogP contribution in [0.25, 0.3) is 0 Å². The normalized spacial score (nSPS) is 27.7. The highest BCUT2D eigenvalue weighted by atomic mass is 35.5. The SMILES string of the molecule is Cl.O=C(CCC1CCCN1)NC1CC1c1ccccc1. The third-order valence-corrected chi connectivity index (χ3v) is 4.25. The summed E-state index contributed by atoms with van der Waals surface area (Å²) in [6, 6.07) is 11.4. The topological polar surface area (TPSA) is 41.1 Å². The molecule has 2 N–H and O–H groups in total. The molecule has 1 saturated carbocycles. The van der Waals surface area contributed by atoms with E-state index in [1.165, 1.54) is 18.4 Å². The van der Waals surface area contributed by atoms with E-state index in [9.17, 15) is 4.79 Å². The zero-order valence-electron chi connectivity index (χ0n) is 11.7. The van der Waals surface area contributed by atoms with Crippen LogP contribution in [0.1, 0.15) is 43.6 Å². The van der Waals surface area contributed by atoms with Gasteiger partial charge in [-0.3, -0.25) is 4.79 Å². The minimum atomic E-state index is 0. The maximum atomic E-state index is 11.9. The Morgan fingerprint density at radius 2 is 2.10 bits per heavy atom. The Hall–Kier alpha value is -1.06. The first kappa shape index (κ1) is 15.3. The van der Waals surface area contributed by atoms with Gasteiger partial charge in [-0.15, -0.1) is 12.4 Å². The van der Waals surface area contributed by atoms with Gasteiger partial charge in [0.1, 0.15) is 0 Å². The third kappa shape index (κ3) is 3.97. The lowest BCUT2D eigenvalue weighted by Gasteiger charge is -2.10. The van der Waals surface area contributed by atoms with Crippen LogP contribution in [0, 0.1) is 0 Å². The Bertz CT molecular complexity index is 431. The van der Waals surface area contributed by atoms with Crippen LogP contribution in [0.5, 0.6) is 0 Å². The molecule has 3 atom stereocenters. The first-order valence-electron chi connectivity index (χ1n) is 7.40. The molecule has 0 spiro atoms. The van der Waals surface area contributed by atoms with Crippen LogP contribution in [0.15, 0.2) is 30.3 Å². The fourth-order valence-electron chi connectivity index (χ4n) is 3.01. The summed E-state index contributed by atoms with van der Waals surface area (Å²) in [5.41, 5.74) is 1.35. The Labute approximate surface area is 126 Å². The van der Waals surface area contributed by atoms with Crippen molar-refractivity contribution in [1.29, 1.82) is 0 Å². The van der Waals surface area contributed by atoms with Crippen molar-refractivity contribution < 1.29 is 4.79 Å². The van der Waals surface area contributed by atoms with Gasteiger partial charge in [0.2, 0.25) is 5.91 Å². The zero-order valence-corrected chi connectivity index (χ0v) is 12.5. The van der Waals surface area contributed by atoms with Gasteiger partial charge in [0.25, 0.3) is 0 Å². The molecule has 0 radical (unpaired) electrons. The number of rotatable bonds is 5. The van der Waals surface area contributed by atoms with Gasteiger partial charge in [0, 0.05) is 24.4 Å². The first-order valence-corrected chi connectivity index (χ1v) is 7.40. The predicted octanol–water partition coefficient (Wildman–Crippen LogP) is 2.61. The molecule has 1 saturated heterocycles. The second-order valence-corrected chi connectivity index (χ2v) is 5.76. The molecule has 2 fully saturated rings. The van der Waals surface area contributed by atoms with Crippen molar-refractivity contribution >= 4 is 18.3 Å². The highest BCUT2D eigenvalue weighted by Gasteiger charge is 2.39. The second-order valence-electron chi connectivity index (χ2n) is 5.76. The Balaban J connectivity index is 0.00000147. The first-order chi connectivity index (χ1) is 9.33. The van der Waals surface area contributed by atoms with Crippen molar-refractivity contribution in [1.82, 2.24) is 10.6 Å².